The van der Waals surface area contributed by atoms with Crippen molar-refractivity contribution >= 4 is 23.5 Å². The van der Waals surface area contributed by atoms with Gasteiger partial charge in [0.05, 0.1) is 7.11 Å². The Morgan fingerprint density at radius 3 is 2.64 bits per heavy atom. The minimum Gasteiger partial charge on any atom is -0.469 e. The van der Waals surface area contributed by atoms with Crippen molar-refractivity contribution in [2.75, 3.05) is 27.2 Å². The number of ether oxygens (including phenoxy) is 1. The van der Waals surface area contributed by atoms with Crippen LogP contribution in [0.1, 0.15) is 24.8 Å². The Morgan fingerprint density at radius 2 is 1.95 bits per heavy atom. The molecule has 0 radical (unpaired) electrons. The van der Waals surface area contributed by atoms with E-state index < -0.39 is 0 Å². The van der Waals surface area contributed by atoms with Crippen LogP contribution in [0.4, 0.5) is 0 Å². The number of aliphatic imine (C=N–C) groups is 1. The number of benzene rings is 1. The highest BCUT2D eigenvalue weighted by Crippen LogP contribution is 2.14. The lowest BCUT2D eigenvalue weighted by molar-refractivity contribution is -0.140. The van der Waals surface area contributed by atoms with Gasteiger partial charge in [-0.05, 0) is 30.9 Å². The van der Waals surface area contributed by atoms with Crippen molar-refractivity contribution in [3.63, 3.8) is 0 Å². The maximum atomic E-state index is 11.0. The third-order valence-corrected chi connectivity index (χ3v) is 3.56. The molecule has 0 unspecified atom stereocenters. The third kappa shape index (κ3) is 7.31. The number of methoxy groups -OCH3 is 1. The number of carbonyl (C=O) groups excluding carboxylic acids is 1. The number of carbonyl (C=O) groups is 1. The summed E-state index contributed by atoms with van der Waals surface area (Å²) in [6.45, 7) is 1.52. The Balaban J connectivity index is 2.18. The van der Waals surface area contributed by atoms with E-state index in [0.29, 0.717) is 6.42 Å². The number of nitrogens with one attached hydrogen (secondary N) is 2. The maximum absolute atomic E-state index is 11.0. The molecule has 0 saturated heterocycles. The van der Waals surface area contributed by atoms with Gasteiger partial charge in [-0.1, -0.05) is 29.8 Å². The fraction of sp³-hybridized carbons (Fsp3) is 0.500. The van der Waals surface area contributed by atoms with E-state index >= 15 is 0 Å². The third-order valence-electron chi connectivity index (χ3n) is 3.20. The van der Waals surface area contributed by atoms with Crippen LogP contribution in [0.2, 0.25) is 5.02 Å². The number of nitrogens with zero attached hydrogens (tertiary/aromatic N) is 1. The van der Waals surface area contributed by atoms with Gasteiger partial charge < -0.3 is 15.4 Å². The van der Waals surface area contributed by atoms with Crippen LogP contribution in [-0.2, 0) is 16.0 Å². The molecule has 0 fully saturated rings. The lowest BCUT2D eigenvalue weighted by atomic mass is 10.1. The largest absolute Gasteiger partial charge is 0.469 e. The minimum absolute atomic E-state index is 0.165. The molecule has 0 bridgehead atoms. The first-order valence-electron chi connectivity index (χ1n) is 7.42. The summed E-state index contributed by atoms with van der Waals surface area (Å²) in [4.78, 5) is 15.1. The van der Waals surface area contributed by atoms with Crippen LogP contribution in [0.25, 0.3) is 0 Å². The molecular weight excluding hydrogens is 302 g/mol. The molecular formula is C16H24ClN3O2. The van der Waals surface area contributed by atoms with Crippen molar-refractivity contribution in [2.24, 2.45) is 4.99 Å². The second-order valence-electron chi connectivity index (χ2n) is 4.80. The second-order valence-corrected chi connectivity index (χ2v) is 5.21. The van der Waals surface area contributed by atoms with Crippen molar-refractivity contribution < 1.29 is 9.53 Å². The number of unbranched alkanes of at least 4 members (excludes halogenated alkanes) is 1. The normalized spacial score (nSPS) is 11.1. The molecule has 1 aromatic carbocycles. The van der Waals surface area contributed by atoms with Gasteiger partial charge in [0.1, 0.15) is 0 Å². The van der Waals surface area contributed by atoms with Crippen LogP contribution in [0.15, 0.2) is 29.3 Å². The van der Waals surface area contributed by atoms with Crippen LogP contribution >= 0.6 is 11.6 Å². The van der Waals surface area contributed by atoms with Gasteiger partial charge in [0, 0.05) is 31.6 Å². The monoisotopic (exact) mass is 325 g/mol. The fourth-order valence-corrected chi connectivity index (χ4v) is 2.17. The van der Waals surface area contributed by atoms with Crippen molar-refractivity contribution in [1.29, 1.82) is 0 Å². The molecule has 0 aliphatic heterocycles. The first-order chi connectivity index (χ1) is 10.7. The van der Waals surface area contributed by atoms with Crippen LogP contribution in [0, 0.1) is 0 Å². The topological polar surface area (TPSA) is 62.7 Å². The van der Waals surface area contributed by atoms with Gasteiger partial charge in [-0.3, -0.25) is 9.79 Å². The molecule has 6 heteroatoms. The summed E-state index contributed by atoms with van der Waals surface area (Å²) in [5.41, 5.74) is 1.12. The van der Waals surface area contributed by atoms with Crippen LogP contribution in [0.3, 0.4) is 0 Å². The summed E-state index contributed by atoms with van der Waals surface area (Å²) in [5.74, 6) is 0.590. The molecule has 0 aliphatic rings. The number of halogens is 1. The molecule has 122 valence electrons. The first kappa shape index (κ1) is 18.3. The molecule has 0 saturated carbocycles. The van der Waals surface area contributed by atoms with E-state index in [-0.39, 0.29) is 5.97 Å². The number of hydrogen-bond acceptors (Lipinski definition) is 3. The zero-order valence-electron chi connectivity index (χ0n) is 13.2. The Labute approximate surface area is 137 Å². The number of esters is 1. The Hall–Kier alpha value is -1.75. The lowest BCUT2D eigenvalue weighted by Crippen LogP contribution is -2.38. The highest BCUT2D eigenvalue weighted by atomic mass is 35.5. The Morgan fingerprint density at radius 1 is 1.23 bits per heavy atom. The van der Waals surface area contributed by atoms with Gasteiger partial charge in [-0.25, -0.2) is 0 Å². The average Bonchev–Trinajstić information content (AvgIpc) is 2.54. The fourth-order valence-electron chi connectivity index (χ4n) is 1.94. The van der Waals surface area contributed by atoms with Crippen LogP contribution < -0.4 is 10.6 Å². The summed E-state index contributed by atoms with van der Waals surface area (Å²) < 4.78 is 4.60. The van der Waals surface area contributed by atoms with Crippen molar-refractivity contribution in [2.45, 2.75) is 25.7 Å². The minimum atomic E-state index is -0.165. The van der Waals surface area contributed by atoms with Crippen LogP contribution in [-0.4, -0.2) is 39.2 Å². The van der Waals surface area contributed by atoms with Gasteiger partial charge in [0.25, 0.3) is 0 Å². The quantitative estimate of drug-likeness (QED) is 0.333. The molecule has 1 aromatic rings. The Bertz CT molecular complexity index is 492. The van der Waals surface area contributed by atoms with E-state index in [1.165, 1.54) is 7.11 Å². The Kier molecular flexibility index (Phi) is 9.07. The number of hydrogen-bond donors (Lipinski definition) is 2. The van der Waals surface area contributed by atoms with Gasteiger partial charge in [-0.2, -0.15) is 0 Å². The molecule has 2 N–H and O–H groups in total. The zero-order valence-corrected chi connectivity index (χ0v) is 13.9. The van der Waals surface area contributed by atoms with Crippen LogP contribution in [0.5, 0.6) is 0 Å². The van der Waals surface area contributed by atoms with E-state index in [1.54, 1.807) is 7.05 Å². The van der Waals surface area contributed by atoms with Crippen molar-refractivity contribution in [3.05, 3.63) is 34.9 Å². The highest BCUT2D eigenvalue weighted by Gasteiger charge is 2.02. The standard InChI is InChI=1S/C16H24ClN3O2/c1-18-16(19-11-6-5-9-15(21)22-2)20-12-10-13-7-3-4-8-14(13)17/h3-4,7-8H,5-6,9-12H2,1-2H3,(H2,18,19,20). The maximum Gasteiger partial charge on any atom is 0.305 e. The van der Waals surface area contributed by atoms with E-state index in [1.807, 2.05) is 24.3 Å². The van der Waals surface area contributed by atoms with E-state index in [4.69, 9.17) is 11.6 Å². The molecule has 5 nitrogen and oxygen atoms in total. The summed E-state index contributed by atoms with van der Waals surface area (Å²) in [6, 6.07) is 7.82. The molecule has 0 heterocycles. The summed E-state index contributed by atoms with van der Waals surface area (Å²) >= 11 is 6.12. The number of rotatable bonds is 8. The number of guanidine groups is 1. The molecule has 1 rings (SSSR count). The molecule has 0 amide bonds. The molecule has 0 atom stereocenters. The van der Waals surface area contributed by atoms with Gasteiger partial charge in [0.15, 0.2) is 5.96 Å². The second kappa shape index (κ2) is 10.9. The van der Waals surface area contributed by atoms with Gasteiger partial charge in [-0.15, -0.1) is 0 Å². The summed E-state index contributed by atoms with van der Waals surface area (Å²) in [7, 11) is 3.14. The van der Waals surface area contributed by atoms with E-state index in [9.17, 15) is 4.79 Å². The van der Waals surface area contributed by atoms with Crippen molar-refractivity contribution in [3.8, 4) is 0 Å². The van der Waals surface area contributed by atoms with E-state index in [2.05, 4.69) is 20.4 Å². The van der Waals surface area contributed by atoms with Gasteiger partial charge in [0.2, 0.25) is 0 Å². The molecule has 0 aromatic heterocycles. The summed E-state index contributed by atoms with van der Waals surface area (Å²) in [6.07, 6.45) is 2.98. The predicted molar refractivity (Wildman–Crippen MR) is 90.4 cm³/mol. The molecule has 22 heavy (non-hydrogen) atoms. The van der Waals surface area contributed by atoms with Gasteiger partial charge >= 0.3 is 5.97 Å². The average molecular weight is 326 g/mol. The SMILES string of the molecule is CN=C(NCCCCC(=O)OC)NCCc1ccccc1Cl. The van der Waals surface area contributed by atoms with Crippen molar-refractivity contribution in [1.82, 2.24) is 10.6 Å². The lowest BCUT2D eigenvalue weighted by Gasteiger charge is -2.12. The summed E-state index contributed by atoms with van der Waals surface area (Å²) in [5, 5.41) is 7.25. The zero-order chi connectivity index (χ0) is 16.2. The predicted octanol–water partition coefficient (Wildman–Crippen LogP) is 2.39. The molecule has 0 spiro atoms. The highest BCUT2D eigenvalue weighted by molar-refractivity contribution is 6.31. The molecule has 0 aliphatic carbocycles. The smallest absolute Gasteiger partial charge is 0.305 e. The first-order valence-corrected chi connectivity index (χ1v) is 7.80. The van der Waals surface area contributed by atoms with E-state index in [0.717, 1.165) is 48.9 Å².